The van der Waals surface area contributed by atoms with Crippen LogP contribution in [0.5, 0.6) is 5.88 Å². The molecule has 2 aliphatic heterocycles. The second kappa shape index (κ2) is 14.1. The predicted molar refractivity (Wildman–Crippen MR) is 163 cm³/mol. The van der Waals surface area contributed by atoms with Crippen LogP contribution >= 0.6 is 0 Å². The number of rotatable bonds is 10. The van der Waals surface area contributed by atoms with Gasteiger partial charge in [-0.1, -0.05) is 18.2 Å². The minimum Gasteiger partial charge on any atom is -0.481 e. The summed E-state index contributed by atoms with van der Waals surface area (Å²) < 4.78 is 75.9. The zero-order chi connectivity index (χ0) is 33.0. The molecule has 5 atom stereocenters. The van der Waals surface area contributed by atoms with Gasteiger partial charge < -0.3 is 25.8 Å². The van der Waals surface area contributed by atoms with Crippen molar-refractivity contribution in [3.63, 3.8) is 0 Å². The minimum atomic E-state index is -3.48. The lowest BCUT2D eigenvalue weighted by molar-refractivity contribution is -0.118. The number of carboxylic acid groups (broad SMARTS) is 1. The number of aromatic nitrogens is 1. The molecule has 3 aromatic rings. The number of methoxy groups -OCH3 is 1. The highest BCUT2D eigenvalue weighted by Crippen LogP contribution is 2.32. The van der Waals surface area contributed by atoms with E-state index < -0.39 is 57.5 Å². The van der Waals surface area contributed by atoms with Gasteiger partial charge in [0.25, 0.3) is 0 Å². The molecular weight excluding hydrogens is 627 g/mol. The molecule has 0 aliphatic carbocycles. The first-order valence-corrected chi connectivity index (χ1v) is 16.3. The number of carbonyl (C=O) groups is 2. The standard InChI is InChI=1S/C31H34F3N5O6S/c1-45-27-12-8-19(15-36-27)28(18-7-11-24(33)25(34)14-18)29(38-31(41)42)30(40)37-26-6-2-5-23(32)22(26)10-9-21-16-35-20-4-3-13-46(43,44)39(21)17-20/h2,5-8,11-12,14-15,20-21,28-29,35,38H,3-4,9-10,13,16-17H2,1H3,(H,37,40)(H,41,42)/t20?,21?,28-,29-/m0/s1. The Labute approximate surface area is 264 Å². The number of piperazine rings is 1. The van der Waals surface area contributed by atoms with E-state index in [-0.39, 0.29) is 52.9 Å². The highest BCUT2D eigenvalue weighted by Gasteiger charge is 2.38. The van der Waals surface area contributed by atoms with Gasteiger partial charge in [-0.05, 0) is 61.1 Å². The largest absolute Gasteiger partial charge is 0.481 e. The van der Waals surface area contributed by atoms with Crippen LogP contribution in [0.3, 0.4) is 0 Å². The van der Waals surface area contributed by atoms with Gasteiger partial charge in [0.2, 0.25) is 21.8 Å². The molecule has 2 aliphatic rings. The maximum atomic E-state index is 15.3. The number of nitrogens with zero attached hydrogens (tertiary/aromatic N) is 2. The third kappa shape index (κ3) is 7.43. The average Bonchev–Trinajstić information content (AvgIpc) is 3.14. The molecule has 246 valence electrons. The summed E-state index contributed by atoms with van der Waals surface area (Å²) in [5.74, 6) is -4.82. The molecule has 0 spiro atoms. The van der Waals surface area contributed by atoms with Gasteiger partial charge >= 0.3 is 6.09 Å². The van der Waals surface area contributed by atoms with Gasteiger partial charge in [-0.25, -0.2) is 31.4 Å². The van der Waals surface area contributed by atoms with E-state index in [4.69, 9.17) is 4.74 Å². The monoisotopic (exact) mass is 661 g/mol. The number of sulfonamides is 1. The van der Waals surface area contributed by atoms with E-state index in [0.717, 1.165) is 18.6 Å². The van der Waals surface area contributed by atoms with Crippen molar-refractivity contribution in [3.8, 4) is 5.88 Å². The zero-order valence-electron chi connectivity index (χ0n) is 24.9. The molecule has 11 nitrogen and oxygen atoms in total. The van der Waals surface area contributed by atoms with Crippen LogP contribution in [-0.4, -0.2) is 78.9 Å². The Bertz CT molecular complexity index is 1690. The first-order valence-electron chi connectivity index (χ1n) is 14.7. The quantitative estimate of drug-likeness (QED) is 0.258. The Hall–Kier alpha value is -4.21. The number of carbonyl (C=O) groups excluding carboxylic acids is 1. The smallest absolute Gasteiger partial charge is 0.405 e. The fraction of sp³-hybridized carbons (Fsp3) is 0.387. The van der Waals surface area contributed by atoms with Gasteiger partial charge in [0.05, 0.1) is 12.9 Å². The lowest BCUT2D eigenvalue weighted by Crippen LogP contribution is -2.57. The van der Waals surface area contributed by atoms with E-state index in [1.165, 1.54) is 54.0 Å². The van der Waals surface area contributed by atoms with Gasteiger partial charge in [0.1, 0.15) is 11.9 Å². The summed E-state index contributed by atoms with van der Waals surface area (Å²) >= 11 is 0. The molecule has 2 amide bonds. The van der Waals surface area contributed by atoms with Crippen molar-refractivity contribution in [2.45, 2.75) is 49.7 Å². The summed E-state index contributed by atoms with van der Waals surface area (Å²) in [4.78, 5) is 29.9. The number of anilines is 1. The number of pyridine rings is 1. The summed E-state index contributed by atoms with van der Waals surface area (Å²) in [7, 11) is -2.09. The van der Waals surface area contributed by atoms with Gasteiger partial charge in [-0.2, -0.15) is 4.31 Å². The van der Waals surface area contributed by atoms with E-state index in [1.54, 1.807) is 0 Å². The molecule has 15 heteroatoms. The Morgan fingerprint density at radius 3 is 2.59 bits per heavy atom. The lowest BCUT2D eigenvalue weighted by atomic mass is 9.85. The van der Waals surface area contributed by atoms with E-state index in [1.807, 2.05) is 0 Å². The maximum Gasteiger partial charge on any atom is 0.405 e. The van der Waals surface area contributed by atoms with E-state index in [9.17, 15) is 31.9 Å². The van der Waals surface area contributed by atoms with Crippen LogP contribution in [0.4, 0.5) is 23.7 Å². The van der Waals surface area contributed by atoms with Crippen LogP contribution in [-0.2, 0) is 21.2 Å². The average molecular weight is 662 g/mol. The number of benzene rings is 2. The van der Waals surface area contributed by atoms with Gasteiger partial charge in [-0.15, -0.1) is 0 Å². The van der Waals surface area contributed by atoms with Gasteiger partial charge in [0, 0.05) is 54.6 Å². The van der Waals surface area contributed by atoms with Crippen LogP contribution in [0, 0.1) is 17.5 Å². The third-order valence-electron chi connectivity index (χ3n) is 8.39. The van der Waals surface area contributed by atoms with Crippen molar-refractivity contribution in [3.05, 3.63) is 88.9 Å². The molecule has 0 saturated carbocycles. The van der Waals surface area contributed by atoms with Gasteiger partial charge in [0.15, 0.2) is 11.6 Å². The fourth-order valence-electron chi connectivity index (χ4n) is 6.11. The van der Waals surface area contributed by atoms with Crippen molar-refractivity contribution >= 4 is 27.7 Å². The molecule has 1 aromatic heterocycles. The van der Waals surface area contributed by atoms with Crippen LogP contribution in [0.2, 0.25) is 0 Å². The van der Waals surface area contributed by atoms with Crippen LogP contribution in [0.1, 0.15) is 41.9 Å². The summed E-state index contributed by atoms with van der Waals surface area (Å²) in [5.41, 5.74) is 0.511. The number of amides is 2. The van der Waals surface area contributed by atoms with Crippen LogP contribution in [0.15, 0.2) is 54.7 Å². The molecule has 2 aromatic carbocycles. The summed E-state index contributed by atoms with van der Waals surface area (Å²) in [6.07, 6.45) is 1.37. The Balaban J connectivity index is 1.44. The molecule has 0 radical (unpaired) electrons. The number of ether oxygens (including phenoxy) is 1. The first-order chi connectivity index (χ1) is 22.0. The maximum absolute atomic E-state index is 15.3. The molecule has 2 saturated heterocycles. The van der Waals surface area contributed by atoms with Crippen molar-refractivity contribution in [1.82, 2.24) is 19.9 Å². The molecule has 2 bridgehead atoms. The summed E-state index contributed by atoms with van der Waals surface area (Å²) in [6.45, 7) is 0.735. The molecule has 46 heavy (non-hydrogen) atoms. The second-order valence-electron chi connectivity index (χ2n) is 11.3. The highest BCUT2D eigenvalue weighted by molar-refractivity contribution is 7.89. The van der Waals surface area contributed by atoms with Crippen molar-refractivity contribution in [2.75, 3.05) is 31.3 Å². The topological polar surface area (TPSA) is 150 Å². The molecule has 3 heterocycles. The van der Waals surface area contributed by atoms with E-state index in [0.29, 0.717) is 19.5 Å². The first kappa shape index (κ1) is 33.2. The summed E-state index contributed by atoms with van der Waals surface area (Å²) in [6, 6.07) is 7.98. The van der Waals surface area contributed by atoms with Crippen molar-refractivity contribution in [2.24, 2.45) is 0 Å². The molecular formula is C31H34F3N5O6S. The second-order valence-corrected chi connectivity index (χ2v) is 13.3. The van der Waals surface area contributed by atoms with Gasteiger partial charge in [-0.3, -0.25) is 4.79 Å². The molecule has 4 N–H and O–H groups in total. The third-order valence-corrected chi connectivity index (χ3v) is 10.4. The van der Waals surface area contributed by atoms with Crippen molar-refractivity contribution < 1.29 is 41.0 Å². The number of halogens is 3. The Morgan fingerprint density at radius 1 is 1.11 bits per heavy atom. The molecule has 3 unspecified atom stereocenters. The van der Waals surface area contributed by atoms with E-state index >= 15 is 4.39 Å². The van der Waals surface area contributed by atoms with E-state index in [2.05, 4.69) is 20.9 Å². The predicted octanol–water partition coefficient (Wildman–Crippen LogP) is 3.61. The summed E-state index contributed by atoms with van der Waals surface area (Å²) in [5, 5.41) is 17.9. The van der Waals surface area contributed by atoms with Crippen molar-refractivity contribution in [1.29, 1.82) is 0 Å². The minimum absolute atomic E-state index is 0.0451. The Kier molecular flexibility index (Phi) is 10.1. The SMILES string of the molecule is COc1ccc([C@H](c2ccc(F)c(F)c2)[C@H](NC(=O)O)C(=O)Nc2cccc(F)c2CCC2CNC3CCCS(=O)(=O)N2C3)cn1. The van der Waals surface area contributed by atoms with Crippen LogP contribution < -0.4 is 20.7 Å². The molecule has 5 rings (SSSR count). The normalized spacial score (nSPS) is 21.8. The highest BCUT2D eigenvalue weighted by atomic mass is 32.2. The zero-order valence-corrected chi connectivity index (χ0v) is 25.7. The number of hydrogen-bond donors (Lipinski definition) is 4. The Morgan fingerprint density at radius 2 is 1.89 bits per heavy atom. The molecule has 2 fully saturated rings. The van der Waals surface area contributed by atoms with Crippen LogP contribution in [0.25, 0.3) is 0 Å². The fourth-order valence-corrected chi connectivity index (χ4v) is 7.92. The number of hydrogen-bond acceptors (Lipinski definition) is 7. The number of fused-ring (bicyclic) bond motifs is 2. The lowest BCUT2D eigenvalue weighted by Gasteiger charge is -2.37. The number of nitrogens with one attached hydrogen (secondary N) is 3.